The number of amides is 1. The Morgan fingerprint density at radius 3 is 2.74 bits per heavy atom. The van der Waals surface area contributed by atoms with E-state index in [-0.39, 0.29) is 11.3 Å². The fourth-order valence-corrected chi connectivity index (χ4v) is 2.98. The maximum absolute atomic E-state index is 13.8. The second kappa shape index (κ2) is 6.01. The third kappa shape index (κ3) is 3.05. The Labute approximate surface area is 134 Å². The van der Waals surface area contributed by atoms with Gasteiger partial charge < -0.3 is 10.0 Å². The minimum Gasteiger partial charge on any atom is -0.507 e. The Morgan fingerprint density at radius 2 is 2.00 bits per heavy atom. The molecule has 5 heteroatoms. The minimum absolute atomic E-state index is 0.282. The smallest absolute Gasteiger partial charge is 0.260 e. The van der Waals surface area contributed by atoms with E-state index in [9.17, 15) is 14.3 Å². The van der Waals surface area contributed by atoms with Crippen molar-refractivity contribution >= 4 is 5.91 Å². The second-order valence-corrected chi connectivity index (χ2v) is 6.07. The van der Waals surface area contributed by atoms with E-state index >= 15 is 0 Å². The molecule has 0 saturated carbocycles. The van der Waals surface area contributed by atoms with Crippen LogP contribution < -0.4 is 0 Å². The summed E-state index contributed by atoms with van der Waals surface area (Å²) >= 11 is 0. The van der Waals surface area contributed by atoms with E-state index < -0.39 is 11.7 Å². The van der Waals surface area contributed by atoms with Gasteiger partial charge in [0.1, 0.15) is 17.1 Å². The Kier molecular flexibility index (Phi) is 4.05. The standard InChI is InChI=1S/C18H19FN2O2/c1-20-10-13-7-6-12(8-14(13)11-20)9-21(2)18(23)17-15(19)4-3-5-16(17)22/h3-8,22H,9-11H2,1-2H3. The molecule has 0 aromatic heterocycles. The van der Waals surface area contributed by atoms with E-state index in [1.54, 1.807) is 7.05 Å². The second-order valence-electron chi connectivity index (χ2n) is 6.07. The van der Waals surface area contributed by atoms with E-state index in [0.717, 1.165) is 18.7 Å². The first-order valence-electron chi connectivity index (χ1n) is 7.48. The van der Waals surface area contributed by atoms with Crippen LogP contribution in [0, 0.1) is 5.82 Å². The zero-order chi connectivity index (χ0) is 16.6. The van der Waals surface area contributed by atoms with Crippen molar-refractivity contribution in [3.8, 4) is 5.75 Å². The Bertz CT molecular complexity index is 740. The number of carbonyl (C=O) groups is 1. The monoisotopic (exact) mass is 314 g/mol. The summed E-state index contributed by atoms with van der Waals surface area (Å²) in [5.41, 5.74) is 3.28. The molecule has 1 amide bonds. The highest BCUT2D eigenvalue weighted by Gasteiger charge is 2.21. The van der Waals surface area contributed by atoms with Crippen molar-refractivity contribution in [2.24, 2.45) is 0 Å². The van der Waals surface area contributed by atoms with Gasteiger partial charge in [0.05, 0.1) is 0 Å². The van der Waals surface area contributed by atoms with Crippen molar-refractivity contribution in [2.75, 3.05) is 14.1 Å². The third-order valence-corrected chi connectivity index (χ3v) is 4.12. The van der Waals surface area contributed by atoms with Gasteiger partial charge in [0.15, 0.2) is 0 Å². The van der Waals surface area contributed by atoms with Crippen LogP contribution >= 0.6 is 0 Å². The molecule has 2 aromatic carbocycles. The highest BCUT2D eigenvalue weighted by molar-refractivity contribution is 5.96. The van der Waals surface area contributed by atoms with E-state index in [2.05, 4.69) is 24.1 Å². The van der Waals surface area contributed by atoms with Crippen molar-refractivity contribution in [3.05, 3.63) is 64.5 Å². The number of benzene rings is 2. The van der Waals surface area contributed by atoms with Crippen LogP contribution in [-0.2, 0) is 19.6 Å². The molecular weight excluding hydrogens is 295 g/mol. The molecule has 4 nitrogen and oxygen atoms in total. The molecule has 0 fully saturated rings. The van der Waals surface area contributed by atoms with Crippen LogP contribution in [0.2, 0.25) is 0 Å². The number of fused-ring (bicyclic) bond motifs is 1. The normalized spacial score (nSPS) is 13.9. The zero-order valence-electron chi connectivity index (χ0n) is 13.2. The molecular formula is C18H19FN2O2. The first kappa shape index (κ1) is 15.5. The predicted octanol–water partition coefficient (Wildman–Crippen LogP) is 2.75. The van der Waals surface area contributed by atoms with Crippen molar-refractivity contribution < 1.29 is 14.3 Å². The summed E-state index contributed by atoms with van der Waals surface area (Å²) in [4.78, 5) is 16.0. The predicted molar refractivity (Wildman–Crippen MR) is 85.5 cm³/mol. The summed E-state index contributed by atoms with van der Waals surface area (Å²) in [5, 5.41) is 9.74. The molecule has 3 rings (SSSR count). The number of phenolic OH excluding ortho intramolecular Hbond substituents is 1. The van der Waals surface area contributed by atoms with Crippen LogP contribution in [0.3, 0.4) is 0 Å². The molecule has 0 bridgehead atoms. The molecule has 1 heterocycles. The molecule has 0 spiro atoms. The number of phenols is 1. The molecule has 0 aliphatic carbocycles. The van der Waals surface area contributed by atoms with E-state index in [0.29, 0.717) is 6.54 Å². The molecule has 120 valence electrons. The lowest BCUT2D eigenvalue weighted by molar-refractivity contribution is 0.0777. The first-order valence-corrected chi connectivity index (χ1v) is 7.48. The topological polar surface area (TPSA) is 43.8 Å². The lowest BCUT2D eigenvalue weighted by Crippen LogP contribution is -2.27. The minimum atomic E-state index is -0.711. The highest BCUT2D eigenvalue weighted by Crippen LogP contribution is 2.24. The third-order valence-electron chi connectivity index (χ3n) is 4.12. The molecule has 0 unspecified atom stereocenters. The van der Waals surface area contributed by atoms with Gasteiger partial charge >= 0.3 is 0 Å². The van der Waals surface area contributed by atoms with Gasteiger partial charge in [0.2, 0.25) is 0 Å². The summed E-state index contributed by atoms with van der Waals surface area (Å²) < 4.78 is 13.8. The van der Waals surface area contributed by atoms with Crippen LogP contribution in [0.4, 0.5) is 4.39 Å². The number of hydrogen-bond donors (Lipinski definition) is 1. The van der Waals surface area contributed by atoms with Gasteiger partial charge in [-0.2, -0.15) is 0 Å². The van der Waals surface area contributed by atoms with Crippen molar-refractivity contribution in [2.45, 2.75) is 19.6 Å². The van der Waals surface area contributed by atoms with Crippen LogP contribution in [0.1, 0.15) is 27.0 Å². The summed E-state index contributed by atoms with van der Waals surface area (Å²) in [6.07, 6.45) is 0. The number of carbonyl (C=O) groups excluding carboxylic acids is 1. The lowest BCUT2D eigenvalue weighted by Gasteiger charge is -2.18. The first-order chi connectivity index (χ1) is 11.0. The summed E-state index contributed by atoms with van der Waals surface area (Å²) in [6.45, 7) is 2.20. The fourth-order valence-electron chi connectivity index (χ4n) is 2.98. The highest BCUT2D eigenvalue weighted by atomic mass is 19.1. The van der Waals surface area contributed by atoms with Crippen molar-refractivity contribution in [3.63, 3.8) is 0 Å². The fraction of sp³-hybridized carbons (Fsp3) is 0.278. The van der Waals surface area contributed by atoms with E-state index in [4.69, 9.17) is 0 Å². The number of aromatic hydroxyl groups is 1. The van der Waals surface area contributed by atoms with Gasteiger partial charge in [-0.15, -0.1) is 0 Å². The van der Waals surface area contributed by atoms with Gasteiger partial charge in [-0.05, 0) is 35.9 Å². The summed E-state index contributed by atoms with van der Waals surface area (Å²) in [5.74, 6) is -1.58. The van der Waals surface area contributed by atoms with Crippen LogP contribution in [0.15, 0.2) is 36.4 Å². The van der Waals surface area contributed by atoms with Gasteiger partial charge in [-0.25, -0.2) is 4.39 Å². The molecule has 1 aliphatic heterocycles. The molecule has 1 N–H and O–H groups in total. The van der Waals surface area contributed by atoms with Crippen LogP contribution in [0.5, 0.6) is 5.75 Å². The van der Waals surface area contributed by atoms with Crippen molar-refractivity contribution in [1.82, 2.24) is 9.80 Å². The number of halogens is 1. The maximum Gasteiger partial charge on any atom is 0.260 e. The molecule has 0 saturated heterocycles. The molecule has 0 atom stereocenters. The van der Waals surface area contributed by atoms with Crippen LogP contribution in [-0.4, -0.2) is 34.9 Å². The zero-order valence-corrected chi connectivity index (χ0v) is 13.2. The Balaban J connectivity index is 1.78. The Morgan fingerprint density at radius 1 is 1.26 bits per heavy atom. The molecule has 1 aliphatic rings. The number of rotatable bonds is 3. The summed E-state index contributed by atoms with van der Waals surface area (Å²) in [7, 11) is 3.67. The average Bonchev–Trinajstić information content (AvgIpc) is 2.86. The summed E-state index contributed by atoms with van der Waals surface area (Å²) in [6, 6.07) is 10.0. The van der Waals surface area contributed by atoms with Gasteiger partial charge in [0, 0.05) is 26.7 Å². The van der Waals surface area contributed by atoms with Gasteiger partial charge in [-0.3, -0.25) is 9.69 Å². The average molecular weight is 314 g/mol. The number of hydrogen-bond acceptors (Lipinski definition) is 3. The Hall–Kier alpha value is -2.40. The van der Waals surface area contributed by atoms with E-state index in [1.165, 1.54) is 34.2 Å². The quantitative estimate of drug-likeness (QED) is 0.947. The number of nitrogens with zero attached hydrogens (tertiary/aromatic N) is 2. The maximum atomic E-state index is 13.8. The lowest BCUT2D eigenvalue weighted by atomic mass is 10.1. The van der Waals surface area contributed by atoms with Gasteiger partial charge in [-0.1, -0.05) is 24.3 Å². The SMILES string of the molecule is CN1Cc2ccc(CN(C)C(=O)c3c(O)cccc3F)cc2C1. The van der Waals surface area contributed by atoms with Gasteiger partial charge in [0.25, 0.3) is 5.91 Å². The molecule has 0 radical (unpaired) electrons. The molecule has 2 aromatic rings. The largest absolute Gasteiger partial charge is 0.507 e. The molecule has 23 heavy (non-hydrogen) atoms. The van der Waals surface area contributed by atoms with Crippen molar-refractivity contribution in [1.29, 1.82) is 0 Å². The van der Waals surface area contributed by atoms with E-state index in [1.807, 2.05) is 6.07 Å². The van der Waals surface area contributed by atoms with Crippen LogP contribution in [0.25, 0.3) is 0 Å².